The van der Waals surface area contributed by atoms with Gasteiger partial charge in [-0.15, -0.1) is 0 Å². The van der Waals surface area contributed by atoms with Crippen molar-refractivity contribution >= 4 is 47.8 Å². The molecule has 0 bridgehead atoms. The highest BCUT2D eigenvalue weighted by Crippen LogP contribution is 2.36. The molecule has 0 saturated heterocycles. The minimum absolute atomic E-state index is 0.0844. The van der Waals surface area contributed by atoms with Gasteiger partial charge in [0, 0.05) is 48.4 Å². The van der Waals surface area contributed by atoms with Gasteiger partial charge in [0.15, 0.2) is 0 Å². The fourth-order valence-electron chi connectivity index (χ4n) is 7.34. The number of aliphatic hydroxyl groups is 11. The molecule has 6 unspecified atom stereocenters. The molecule has 0 spiro atoms. The monoisotopic (exact) mass is 1090 g/mol. The van der Waals surface area contributed by atoms with Gasteiger partial charge < -0.3 is 87.2 Å². The molecule has 23 nitrogen and oxygen atoms in total. The number of carbonyl (C=O) groups is 6. The van der Waals surface area contributed by atoms with Gasteiger partial charge in [0.1, 0.15) is 18.3 Å². The normalized spacial score (nSPS) is 12.8. The SMILES string of the molecule is CC.CC.CC.CC.CC.CC.Cc1c(C(=O)NCC(O)CO)c(C)c(N(C=O)CC(O)C(O)C(O)CN(C=O)c2c(C)c(C(=O)NCC(O)CO)c(C)c(C(=O)NCC(O)CO)c2C)c(C)c1C(=O)NCC(O)CO. The zero-order chi connectivity index (χ0) is 60.7. The molecule has 23 heteroatoms. The maximum Gasteiger partial charge on any atom is 0.252 e. The summed E-state index contributed by atoms with van der Waals surface area (Å²) in [4.78, 5) is 81.3. The molecule has 2 aromatic carbocycles. The van der Waals surface area contributed by atoms with Crippen LogP contribution in [-0.4, -0.2) is 201 Å². The first-order valence-electron chi connectivity index (χ1n) is 26.1. The fourth-order valence-corrected chi connectivity index (χ4v) is 7.34. The van der Waals surface area contributed by atoms with E-state index in [1.807, 2.05) is 83.1 Å². The second kappa shape index (κ2) is 44.9. The summed E-state index contributed by atoms with van der Waals surface area (Å²) in [6.07, 6.45) is -11.1. The Balaban J connectivity index is -0.00000130. The third-order valence-electron chi connectivity index (χ3n) is 10.5. The molecule has 0 aliphatic heterocycles. The topological polar surface area (TPSA) is 380 Å². The van der Waals surface area contributed by atoms with Crippen molar-refractivity contribution in [2.75, 3.05) is 75.5 Å². The van der Waals surface area contributed by atoms with Crippen LogP contribution in [0.1, 0.15) is 158 Å². The van der Waals surface area contributed by atoms with E-state index < -0.39 is 132 Å². The van der Waals surface area contributed by atoms with Crippen LogP contribution in [0.15, 0.2) is 0 Å². The Kier molecular flexibility index (Phi) is 47.1. The van der Waals surface area contributed by atoms with Crippen molar-refractivity contribution in [1.29, 1.82) is 0 Å². The molecule has 2 rings (SSSR count). The molecule has 76 heavy (non-hydrogen) atoms. The summed E-state index contributed by atoms with van der Waals surface area (Å²) in [6.45, 7) is 26.5. The highest BCUT2D eigenvalue weighted by molar-refractivity contribution is 6.08. The van der Waals surface area contributed by atoms with Gasteiger partial charge in [-0.3, -0.25) is 28.8 Å². The molecule has 442 valence electrons. The van der Waals surface area contributed by atoms with Gasteiger partial charge in [0.05, 0.1) is 75.3 Å². The van der Waals surface area contributed by atoms with E-state index in [2.05, 4.69) is 21.3 Å². The van der Waals surface area contributed by atoms with Crippen LogP contribution in [0, 0.1) is 41.5 Å². The van der Waals surface area contributed by atoms with Gasteiger partial charge in [0.25, 0.3) is 23.6 Å². The molecule has 0 aliphatic carbocycles. The average molecular weight is 1090 g/mol. The van der Waals surface area contributed by atoms with Crippen LogP contribution in [-0.2, 0) is 9.59 Å². The lowest BCUT2D eigenvalue weighted by molar-refractivity contribution is -0.108. The highest BCUT2D eigenvalue weighted by Gasteiger charge is 2.34. The molecule has 6 atom stereocenters. The number of anilines is 2. The lowest BCUT2D eigenvalue weighted by Gasteiger charge is -2.33. The van der Waals surface area contributed by atoms with E-state index in [0.717, 1.165) is 9.80 Å². The van der Waals surface area contributed by atoms with Crippen LogP contribution in [0.2, 0.25) is 0 Å². The molecule has 0 fully saturated rings. The highest BCUT2D eigenvalue weighted by atomic mass is 16.4. The van der Waals surface area contributed by atoms with Gasteiger partial charge in [0.2, 0.25) is 12.8 Å². The van der Waals surface area contributed by atoms with E-state index in [1.165, 1.54) is 41.5 Å². The molecule has 0 saturated carbocycles. The molecule has 0 heterocycles. The Hall–Kier alpha value is -5.18. The van der Waals surface area contributed by atoms with Crippen molar-refractivity contribution in [3.8, 4) is 0 Å². The number of carbonyl (C=O) groups excluding carboxylic acids is 6. The standard InChI is InChI=1S/C41H62N6O17.6C2H6/c1-19-31(38(61)42-7-25(54)13-48)21(3)35(22(4)32(19)39(62)43-8-26(55)14-49)46(17-52)11-29(58)37(60)30(59)12-47(18-53)36-23(5)33(40(63)44-9-27(56)15-50)20(2)34(24(36)6)41(64)45-10-28(57)16-51;6*1-2/h17-18,25-30,37,48-51,54-60H,7-16H2,1-6H3,(H,42,61)(H,43,62)(H,44,63)(H,45,64);6*1-2H3. The molecule has 0 aliphatic rings. The van der Waals surface area contributed by atoms with Crippen LogP contribution < -0.4 is 31.1 Å². The average Bonchev–Trinajstić information content (AvgIpc) is 3.44. The minimum Gasteiger partial charge on any atom is -0.394 e. The molecule has 15 N–H and O–H groups in total. The van der Waals surface area contributed by atoms with Gasteiger partial charge in [-0.1, -0.05) is 83.1 Å². The van der Waals surface area contributed by atoms with E-state index in [9.17, 15) is 84.9 Å². The van der Waals surface area contributed by atoms with Gasteiger partial charge in [-0.25, -0.2) is 0 Å². The van der Waals surface area contributed by atoms with Crippen molar-refractivity contribution in [1.82, 2.24) is 21.3 Å². The van der Waals surface area contributed by atoms with Crippen molar-refractivity contribution in [3.05, 3.63) is 55.6 Å². The second-order valence-corrected chi connectivity index (χ2v) is 15.3. The lowest BCUT2D eigenvalue weighted by atomic mass is 9.89. The number of hydrogen-bond acceptors (Lipinski definition) is 17. The fraction of sp³-hybridized carbons (Fsp3) is 0.660. The van der Waals surface area contributed by atoms with Gasteiger partial charge >= 0.3 is 0 Å². The molecular formula is C53H98N6O17. The summed E-state index contributed by atoms with van der Waals surface area (Å²) in [5.41, 5.74) is -0.284. The van der Waals surface area contributed by atoms with E-state index >= 15 is 0 Å². The zero-order valence-corrected chi connectivity index (χ0v) is 48.5. The summed E-state index contributed by atoms with van der Waals surface area (Å²) in [5.74, 6) is -3.34. The number of aliphatic hydroxyl groups excluding tert-OH is 11. The number of hydrogen-bond donors (Lipinski definition) is 15. The quantitative estimate of drug-likeness (QED) is 0.0578. The van der Waals surface area contributed by atoms with E-state index in [4.69, 9.17) is 0 Å². The first kappa shape index (κ1) is 79.7. The predicted octanol–water partition coefficient (Wildman–Crippen LogP) is 0.735. The van der Waals surface area contributed by atoms with Crippen molar-refractivity contribution in [3.63, 3.8) is 0 Å². The summed E-state index contributed by atoms with van der Waals surface area (Å²) in [6, 6.07) is 0. The first-order valence-corrected chi connectivity index (χ1v) is 26.1. The summed E-state index contributed by atoms with van der Waals surface area (Å²) in [7, 11) is 0. The Morgan fingerprint density at radius 2 is 0.566 bits per heavy atom. The summed E-state index contributed by atoms with van der Waals surface area (Å²) in [5, 5.41) is 120. The van der Waals surface area contributed by atoms with Crippen molar-refractivity contribution in [2.45, 2.75) is 167 Å². The number of nitrogens with one attached hydrogen (secondary N) is 4. The van der Waals surface area contributed by atoms with Crippen molar-refractivity contribution in [2.24, 2.45) is 0 Å². The van der Waals surface area contributed by atoms with E-state index in [0.29, 0.717) is 0 Å². The van der Waals surface area contributed by atoms with Gasteiger partial charge in [-0.05, 0) is 74.9 Å². The maximum atomic E-state index is 13.5. The third-order valence-corrected chi connectivity index (χ3v) is 10.5. The molecule has 0 radical (unpaired) electrons. The lowest BCUT2D eigenvalue weighted by Crippen LogP contribution is -2.49. The summed E-state index contributed by atoms with van der Waals surface area (Å²) < 4.78 is 0. The van der Waals surface area contributed by atoms with E-state index in [-0.39, 0.29) is 79.8 Å². The van der Waals surface area contributed by atoms with Crippen LogP contribution >= 0.6 is 0 Å². The Morgan fingerprint density at radius 1 is 0.382 bits per heavy atom. The number of benzene rings is 2. The molecule has 2 aromatic rings. The summed E-state index contributed by atoms with van der Waals surface area (Å²) >= 11 is 0. The largest absolute Gasteiger partial charge is 0.394 e. The Bertz CT molecular complexity index is 1750. The number of nitrogens with zero attached hydrogens (tertiary/aromatic N) is 2. The minimum atomic E-state index is -2.14. The Morgan fingerprint density at radius 3 is 0.724 bits per heavy atom. The van der Waals surface area contributed by atoms with Gasteiger partial charge in [-0.2, -0.15) is 0 Å². The Labute approximate surface area is 451 Å². The predicted molar refractivity (Wildman–Crippen MR) is 296 cm³/mol. The van der Waals surface area contributed by atoms with Crippen LogP contribution in [0.25, 0.3) is 0 Å². The molecular weight excluding hydrogens is 993 g/mol. The van der Waals surface area contributed by atoms with E-state index in [1.54, 1.807) is 0 Å². The smallest absolute Gasteiger partial charge is 0.252 e. The second-order valence-electron chi connectivity index (χ2n) is 15.3. The van der Waals surface area contributed by atoms with Crippen molar-refractivity contribution < 1.29 is 84.9 Å². The molecule has 6 amide bonds. The number of amides is 6. The van der Waals surface area contributed by atoms with Crippen LogP contribution in [0.5, 0.6) is 0 Å². The molecule has 0 aromatic heterocycles. The van der Waals surface area contributed by atoms with Crippen LogP contribution in [0.4, 0.5) is 11.4 Å². The zero-order valence-electron chi connectivity index (χ0n) is 48.5. The third kappa shape index (κ3) is 24.0. The number of rotatable bonds is 26. The van der Waals surface area contributed by atoms with Crippen LogP contribution in [0.3, 0.4) is 0 Å². The maximum absolute atomic E-state index is 13.5. The first-order chi connectivity index (χ1) is 36.1.